The van der Waals surface area contributed by atoms with Crippen molar-refractivity contribution in [3.63, 3.8) is 0 Å². The molecular weight excluding hydrogens is 166 g/mol. The van der Waals surface area contributed by atoms with Gasteiger partial charge in [0.1, 0.15) is 5.75 Å². The second kappa shape index (κ2) is 4.91. The van der Waals surface area contributed by atoms with Crippen molar-refractivity contribution in [3.8, 4) is 5.75 Å². The van der Waals surface area contributed by atoms with Gasteiger partial charge in [-0.05, 0) is 23.8 Å². The number of methoxy groups -OCH3 is 1. The van der Waals surface area contributed by atoms with Gasteiger partial charge in [0.15, 0.2) is 0 Å². The summed E-state index contributed by atoms with van der Waals surface area (Å²) < 4.78 is 5.02. The van der Waals surface area contributed by atoms with E-state index in [0.717, 1.165) is 11.3 Å². The minimum absolute atomic E-state index is 0.775. The molecule has 0 atom stereocenters. The van der Waals surface area contributed by atoms with Gasteiger partial charge < -0.3 is 4.74 Å². The number of isocyanates is 1. The molecular formula is C10H9NO2. The SMILES string of the molecule is COc1cccc(/C=C/N=C=O)c1. The quantitative estimate of drug-likeness (QED) is 0.520. The minimum Gasteiger partial charge on any atom is -0.497 e. The monoisotopic (exact) mass is 175 g/mol. The largest absolute Gasteiger partial charge is 0.497 e. The standard InChI is InChI=1S/C10H9NO2/c1-13-10-4-2-3-9(7-10)5-6-11-8-12/h2-7H,1H3/b6-5+. The van der Waals surface area contributed by atoms with Crippen molar-refractivity contribution in [2.24, 2.45) is 4.99 Å². The van der Waals surface area contributed by atoms with E-state index in [-0.39, 0.29) is 0 Å². The summed E-state index contributed by atoms with van der Waals surface area (Å²) in [6, 6.07) is 7.44. The van der Waals surface area contributed by atoms with E-state index in [2.05, 4.69) is 4.99 Å². The van der Waals surface area contributed by atoms with E-state index in [4.69, 9.17) is 4.74 Å². The van der Waals surface area contributed by atoms with Crippen LogP contribution in [0.1, 0.15) is 5.56 Å². The van der Waals surface area contributed by atoms with Crippen LogP contribution in [0.4, 0.5) is 0 Å². The van der Waals surface area contributed by atoms with Gasteiger partial charge in [-0.3, -0.25) is 0 Å². The fraction of sp³-hybridized carbons (Fsp3) is 0.100. The van der Waals surface area contributed by atoms with Crippen LogP contribution in [0.3, 0.4) is 0 Å². The number of ether oxygens (including phenoxy) is 1. The Morgan fingerprint density at radius 2 is 2.38 bits per heavy atom. The Morgan fingerprint density at radius 1 is 1.54 bits per heavy atom. The average Bonchev–Trinajstić information content (AvgIpc) is 2.19. The molecule has 3 heteroatoms. The van der Waals surface area contributed by atoms with Crippen LogP contribution < -0.4 is 4.74 Å². The summed E-state index contributed by atoms with van der Waals surface area (Å²) in [4.78, 5) is 13.0. The summed E-state index contributed by atoms with van der Waals surface area (Å²) in [5, 5.41) is 0. The topological polar surface area (TPSA) is 38.7 Å². The molecule has 0 aliphatic carbocycles. The normalized spacial score (nSPS) is 9.62. The molecule has 1 rings (SSSR count). The molecule has 0 aromatic heterocycles. The van der Waals surface area contributed by atoms with E-state index in [1.807, 2.05) is 24.3 Å². The van der Waals surface area contributed by atoms with Crippen LogP contribution in [-0.2, 0) is 4.79 Å². The molecule has 0 N–H and O–H groups in total. The first-order valence-corrected chi connectivity index (χ1v) is 3.74. The molecule has 13 heavy (non-hydrogen) atoms. The third-order valence-corrected chi connectivity index (χ3v) is 1.49. The van der Waals surface area contributed by atoms with Crippen molar-refractivity contribution in [2.75, 3.05) is 7.11 Å². The number of benzene rings is 1. The smallest absolute Gasteiger partial charge is 0.239 e. The Balaban J connectivity index is 2.82. The first-order valence-electron chi connectivity index (χ1n) is 3.74. The Bertz CT molecular complexity index is 352. The molecule has 0 saturated carbocycles. The Hall–Kier alpha value is -1.86. The Labute approximate surface area is 76.4 Å². The lowest BCUT2D eigenvalue weighted by Crippen LogP contribution is -1.81. The number of rotatable bonds is 3. The fourth-order valence-electron chi connectivity index (χ4n) is 0.899. The molecule has 0 heterocycles. The predicted molar refractivity (Wildman–Crippen MR) is 50.1 cm³/mol. The third kappa shape index (κ3) is 2.93. The van der Waals surface area contributed by atoms with Gasteiger partial charge in [-0.2, -0.15) is 4.99 Å². The molecule has 3 nitrogen and oxygen atoms in total. The van der Waals surface area contributed by atoms with Crippen molar-refractivity contribution in [1.82, 2.24) is 0 Å². The summed E-state index contributed by atoms with van der Waals surface area (Å²) in [5.74, 6) is 0.775. The van der Waals surface area contributed by atoms with Crippen molar-refractivity contribution in [1.29, 1.82) is 0 Å². The van der Waals surface area contributed by atoms with Crippen molar-refractivity contribution in [2.45, 2.75) is 0 Å². The van der Waals surface area contributed by atoms with Gasteiger partial charge in [0.25, 0.3) is 0 Å². The maximum absolute atomic E-state index is 9.75. The zero-order chi connectivity index (χ0) is 9.52. The number of nitrogens with zero attached hydrogens (tertiary/aromatic N) is 1. The number of aliphatic imine (C=N–C) groups is 1. The number of hydrogen-bond acceptors (Lipinski definition) is 3. The van der Waals surface area contributed by atoms with E-state index < -0.39 is 0 Å². The zero-order valence-corrected chi connectivity index (χ0v) is 7.23. The zero-order valence-electron chi connectivity index (χ0n) is 7.23. The summed E-state index contributed by atoms with van der Waals surface area (Å²) >= 11 is 0. The molecule has 0 saturated heterocycles. The maximum atomic E-state index is 9.75. The Kier molecular flexibility index (Phi) is 3.48. The van der Waals surface area contributed by atoms with Gasteiger partial charge in [-0.15, -0.1) is 0 Å². The lowest BCUT2D eigenvalue weighted by atomic mass is 10.2. The van der Waals surface area contributed by atoms with Gasteiger partial charge >= 0.3 is 0 Å². The molecule has 66 valence electrons. The summed E-state index contributed by atoms with van der Waals surface area (Å²) in [5.41, 5.74) is 0.929. The third-order valence-electron chi connectivity index (χ3n) is 1.49. The van der Waals surface area contributed by atoms with Crippen molar-refractivity contribution in [3.05, 3.63) is 36.0 Å². The van der Waals surface area contributed by atoms with Crippen LogP contribution >= 0.6 is 0 Å². The first kappa shape index (κ1) is 9.23. The van der Waals surface area contributed by atoms with Crippen molar-refractivity contribution >= 4 is 12.2 Å². The number of hydrogen-bond donors (Lipinski definition) is 0. The summed E-state index contributed by atoms with van der Waals surface area (Å²) in [7, 11) is 1.60. The lowest BCUT2D eigenvalue weighted by molar-refractivity contribution is 0.414. The molecule has 0 amide bonds. The van der Waals surface area contributed by atoms with Gasteiger partial charge in [-0.25, -0.2) is 4.79 Å². The molecule has 1 aromatic carbocycles. The van der Waals surface area contributed by atoms with Gasteiger partial charge in [-0.1, -0.05) is 12.1 Å². The lowest BCUT2D eigenvalue weighted by Gasteiger charge is -1.98. The fourth-order valence-corrected chi connectivity index (χ4v) is 0.899. The molecule has 0 radical (unpaired) electrons. The molecule has 0 aliphatic rings. The van der Waals surface area contributed by atoms with E-state index in [0.29, 0.717) is 0 Å². The highest BCUT2D eigenvalue weighted by atomic mass is 16.5. The maximum Gasteiger partial charge on any atom is 0.239 e. The molecule has 0 fully saturated rings. The van der Waals surface area contributed by atoms with Crippen LogP contribution in [-0.4, -0.2) is 13.2 Å². The van der Waals surface area contributed by atoms with Crippen LogP contribution in [0.5, 0.6) is 5.75 Å². The van der Waals surface area contributed by atoms with Gasteiger partial charge in [0, 0.05) is 6.20 Å². The average molecular weight is 175 g/mol. The summed E-state index contributed by atoms with van der Waals surface area (Å²) in [6.45, 7) is 0. The molecule has 0 unspecified atom stereocenters. The highest BCUT2D eigenvalue weighted by molar-refractivity contribution is 5.52. The van der Waals surface area contributed by atoms with E-state index in [1.54, 1.807) is 13.2 Å². The molecule has 0 spiro atoms. The highest BCUT2D eigenvalue weighted by Gasteiger charge is 1.90. The van der Waals surface area contributed by atoms with E-state index >= 15 is 0 Å². The summed E-state index contributed by atoms with van der Waals surface area (Å²) in [6.07, 6.45) is 4.52. The van der Waals surface area contributed by atoms with E-state index in [1.165, 1.54) is 12.3 Å². The Morgan fingerprint density at radius 3 is 3.08 bits per heavy atom. The van der Waals surface area contributed by atoms with Gasteiger partial charge in [0.05, 0.1) is 7.11 Å². The minimum atomic E-state index is 0.775. The highest BCUT2D eigenvalue weighted by Crippen LogP contribution is 2.13. The van der Waals surface area contributed by atoms with E-state index in [9.17, 15) is 4.79 Å². The molecule has 1 aromatic rings. The van der Waals surface area contributed by atoms with Gasteiger partial charge in [0.2, 0.25) is 6.08 Å². The molecule has 0 aliphatic heterocycles. The molecule has 0 bridgehead atoms. The van der Waals surface area contributed by atoms with Crippen LogP contribution in [0, 0.1) is 0 Å². The second-order valence-corrected chi connectivity index (χ2v) is 2.31. The van der Waals surface area contributed by atoms with Crippen LogP contribution in [0.2, 0.25) is 0 Å². The van der Waals surface area contributed by atoms with Crippen LogP contribution in [0.25, 0.3) is 6.08 Å². The second-order valence-electron chi connectivity index (χ2n) is 2.31. The van der Waals surface area contributed by atoms with Crippen LogP contribution in [0.15, 0.2) is 35.5 Å². The predicted octanol–water partition coefficient (Wildman–Crippen LogP) is 2.00. The first-order chi connectivity index (χ1) is 6.36. The van der Waals surface area contributed by atoms with Crippen molar-refractivity contribution < 1.29 is 9.53 Å². The number of carbonyl (C=O) groups excluding carboxylic acids is 1.